The average molecular weight is 400 g/mol. The number of aliphatic hydroxyl groups is 1. The van der Waals surface area contributed by atoms with E-state index in [1.165, 1.54) is 5.56 Å². The molecule has 2 aromatic carbocycles. The summed E-state index contributed by atoms with van der Waals surface area (Å²) in [6.45, 7) is 5.22. The number of nitrogens with zero attached hydrogens (tertiary/aromatic N) is 3. The number of benzene rings is 2. The Hall–Kier alpha value is -2.34. The van der Waals surface area contributed by atoms with Crippen LogP contribution < -0.4 is 4.74 Å². The Bertz CT molecular complexity index is 894. The van der Waals surface area contributed by atoms with Gasteiger partial charge in [0, 0.05) is 18.2 Å². The zero-order chi connectivity index (χ0) is 20.1. The average Bonchev–Trinajstić information content (AvgIpc) is 3.01. The van der Waals surface area contributed by atoms with Gasteiger partial charge < -0.3 is 9.84 Å². The summed E-state index contributed by atoms with van der Waals surface area (Å²) in [6, 6.07) is 17.9. The van der Waals surface area contributed by atoms with Gasteiger partial charge in [-0.05, 0) is 50.7 Å². The van der Waals surface area contributed by atoms with E-state index in [-0.39, 0.29) is 12.6 Å². The van der Waals surface area contributed by atoms with Crippen LogP contribution in [-0.4, -0.2) is 39.5 Å². The fourth-order valence-corrected chi connectivity index (χ4v) is 3.19. The molecule has 0 spiro atoms. The number of hydrogen-bond donors (Lipinski definition) is 1. The summed E-state index contributed by atoms with van der Waals surface area (Å²) in [5, 5.41) is 14.4. The summed E-state index contributed by atoms with van der Waals surface area (Å²) in [6.07, 6.45) is 0. The molecule has 0 saturated carbocycles. The fraction of sp³-hybridized carbons (Fsp3) is 0.318. The Balaban J connectivity index is 1.65. The molecule has 6 heteroatoms. The van der Waals surface area contributed by atoms with Crippen molar-refractivity contribution < 1.29 is 9.84 Å². The summed E-state index contributed by atoms with van der Waals surface area (Å²) in [5.74, 6) is 0.782. The minimum Gasteiger partial charge on any atom is -0.489 e. The first kappa shape index (κ1) is 20.4. The SMILES string of the molecule is Cc1nn(-c2ccccc2)c(Cl)c1COc1ccc(CN(C)[C@@H](C)CO)cc1. The molecule has 0 bridgehead atoms. The van der Waals surface area contributed by atoms with E-state index in [2.05, 4.69) is 10.00 Å². The van der Waals surface area contributed by atoms with Crippen molar-refractivity contribution >= 4 is 11.6 Å². The molecule has 0 amide bonds. The summed E-state index contributed by atoms with van der Waals surface area (Å²) < 4.78 is 7.67. The Labute approximate surface area is 171 Å². The molecular formula is C22H26ClN3O2. The van der Waals surface area contributed by atoms with Gasteiger partial charge in [-0.1, -0.05) is 41.9 Å². The van der Waals surface area contributed by atoms with E-state index in [4.69, 9.17) is 16.3 Å². The lowest BCUT2D eigenvalue weighted by Crippen LogP contribution is -2.31. The van der Waals surface area contributed by atoms with Crippen LogP contribution in [0.4, 0.5) is 0 Å². The molecule has 0 radical (unpaired) electrons. The molecule has 148 valence electrons. The number of ether oxygens (including phenoxy) is 1. The van der Waals surface area contributed by atoms with E-state index >= 15 is 0 Å². The highest BCUT2D eigenvalue weighted by atomic mass is 35.5. The summed E-state index contributed by atoms with van der Waals surface area (Å²) >= 11 is 6.55. The predicted molar refractivity (Wildman–Crippen MR) is 112 cm³/mol. The van der Waals surface area contributed by atoms with Crippen LogP contribution in [0.2, 0.25) is 5.15 Å². The van der Waals surface area contributed by atoms with Crippen LogP contribution >= 0.6 is 11.6 Å². The number of likely N-dealkylation sites (N-methyl/N-ethyl adjacent to an activating group) is 1. The molecule has 1 heterocycles. The van der Waals surface area contributed by atoms with Crippen molar-refractivity contribution in [3.8, 4) is 11.4 Å². The lowest BCUT2D eigenvalue weighted by Gasteiger charge is -2.22. The lowest BCUT2D eigenvalue weighted by atomic mass is 10.2. The largest absolute Gasteiger partial charge is 0.489 e. The maximum absolute atomic E-state index is 9.25. The molecule has 3 aromatic rings. The number of aryl methyl sites for hydroxylation is 1. The van der Waals surface area contributed by atoms with Gasteiger partial charge in [0.1, 0.15) is 17.5 Å². The van der Waals surface area contributed by atoms with Crippen molar-refractivity contribution in [3.63, 3.8) is 0 Å². The molecule has 28 heavy (non-hydrogen) atoms. The van der Waals surface area contributed by atoms with E-state index in [0.717, 1.165) is 29.2 Å². The second kappa shape index (κ2) is 9.24. The third-order valence-electron chi connectivity index (χ3n) is 4.88. The molecule has 0 fully saturated rings. The zero-order valence-corrected chi connectivity index (χ0v) is 17.2. The normalized spacial score (nSPS) is 12.4. The van der Waals surface area contributed by atoms with Gasteiger partial charge in [0.15, 0.2) is 0 Å². The molecule has 1 atom stereocenters. The highest BCUT2D eigenvalue weighted by molar-refractivity contribution is 6.30. The van der Waals surface area contributed by atoms with Crippen molar-refractivity contribution in [2.45, 2.75) is 33.0 Å². The standard InChI is InChI=1S/C22H26ClN3O2/c1-16(14-27)25(3)13-18-9-11-20(12-10-18)28-15-21-17(2)24-26(22(21)23)19-7-5-4-6-8-19/h4-12,16,27H,13-15H2,1-3H3/t16-/m0/s1. The molecule has 0 unspecified atom stereocenters. The van der Waals surface area contributed by atoms with Gasteiger partial charge in [-0.25, -0.2) is 4.68 Å². The number of halogens is 1. The van der Waals surface area contributed by atoms with Crippen LogP contribution in [0.25, 0.3) is 5.69 Å². The Morgan fingerprint density at radius 2 is 1.82 bits per heavy atom. The van der Waals surface area contributed by atoms with Gasteiger partial charge in [-0.3, -0.25) is 4.90 Å². The van der Waals surface area contributed by atoms with Crippen LogP contribution in [0.15, 0.2) is 54.6 Å². The first-order valence-corrected chi connectivity index (χ1v) is 9.69. The Morgan fingerprint density at radius 3 is 2.46 bits per heavy atom. The highest BCUT2D eigenvalue weighted by Gasteiger charge is 2.15. The van der Waals surface area contributed by atoms with Gasteiger partial charge in [0.05, 0.1) is 18.0 Å². The summed E-state index contributed by atoms with van der Waals surface area (Å²) in [5.41, 5.74) is 3.82. The maximum atomic E-state index is 9.25. The zero-order valence-electron chi connectivity index (χ0n) is 16.5. The van der Waals surface area contributed by atoms with E-state index in [1.54, 1.807) is 4.68 Å². The fourth-order valence-electron chi connectivity index (χ4n) is 2.87. The van der Waals surface area contributed by atoms with Gasteiger partial charge in [0.25, 0.3) is 0 Å². The number of aromatic nitrogens is 2. The molecule has 0 aliphatic carbocycles. The van der Waals surface area contributed by atoms with Gasteiger partial charge in [0.2, 0.25) is 0 Å². The van der Waals surface area contributed by atoms with E-state index in [0.29, 0.717) is 11.8 Å². The highest BCUT2D eigenvalue weighted by Crippen LogP contribution is 2.25. The van der Waals surface area contributed by atoms with Gasteiger partial charge in [-0.15, -0.1) is 0 Å². The molecule has 5 nitrogen and oxygen atoms in total. The third-order valence-corrected chi connectivity index (χ3v) is 5.27. The Morgan fingerprint density at radius 1 is 1.14 bits per heavy atom. The van der Waals surface area contributed by atoms with Crippen LogP contribution in [0, 0.1) is 6.92 Å². The molecule has 0 aliphatic rings. The lowest BCUT2D eigenvalue weighted by molar-refractivity contribution is 0.154. The van der Waals surface area contributed by atoms with Crippen LogP contribution in [0.1, 0.15) is 23.7 Å². The first-order valence-electron chi connectivity index (χ1n) is 9.32. The summed E-state index contributed by atoms with van der Waals surface area (Å²) in [7, 11) is 2.00. The predicted octanol–water partition coefficient (Wildman–Crippen LogP) is 4.23. The molecule has 1 aromatic heterocycles. The van der Waals surface area contributed by atoms with Crippen LogP contribution in [-0.2, 0) is 13.2 Å². The van der Waals surface area contributed by atoms with Gasteiger partial charge in [-0.2, -0.15) is 5.10 Å². The molecule has 3 rings (SSSR count). The third kappa shape index (κ3) is 4.73. The van der Waals surface area contributed by atoms with Crippen molar-refractivity contribution in [1.29, 1.82) is 0 Å². The first-order chi connectivity index (χ1) is 13.5. The smallest absolute Gasteiger partial charge is 0.139 e. The van der Waals surface area contributed by atoms with Crippen molar-refractivity contribution in [3.05, 3.63) is 76.6 Å². The minimum atomic E-state index is 0.127. The number of para-hydroxylation sites is 1. The quantitative estimate of drug-likeness (QED) is 0.616. The van der Waals surface area contributed by atoms with Crippen molar-refractivity contribution in [1.82, 2.24) is 14.7 Å². The van der Waals surface area contributed by atoms with E-state index in [9.17, 15) is 5.11 Å². The van der Waals surface area contributed by atoms with Gasteiger partial charge >= 0.3 is 0 Å². The second-order valence-electron chi connectivity index (χ2n) is 6.98. The molecule has 0 saturated heterocycles. The minimum absolute atomic E-state index is 0.127. The van der Waals surface area contributed by atoms with Crippen LogP contribution in [0.3, 0.4) is 0 Å². The molecule has 0 aliphatic heterocycles. The monoisotopic (exact) mass is 399 g/mol. The maximum Gasteiger partial charge on any atom is 0.139 e. The topological polar surface area (TPSA) is 50.5 Å². The van der Waals surface area contributed by atoms with Crippen molar-refractivity contribution in [2.24, 2.45) is 0 Å². The Kier molecular flexibility index (Phi) is 6.73. The number of aliphatic hydroxyl groups excluding tert-OH is 1. The summed E-state index contributed by atoms with van der Waals surface area (Å²) in [4.78, 5) is 2.11. The van der Waals surface area contributed by atoms with Crippen LogP contribution in [0.5, 0.6) is 5.75 Å². The van der Waals surface area contributed by atoms with Crippen molar-refractivity contribution in [2.75, 3.05) is 13.7 Å². The second-order valence-corrected chi connectivity index (χ2v) is 7.34. The van der Waals surface area contributed by atoms with E-state index < -0.39 is 0 Å². The molecular weight excluding hydrogens is 374 g/mol. The number of hydrogen-bond acceptors (Lipinski definition) is 4. The molecule has 1 N–H and O–H groups in total. The number of rotatable bonds is 8. The van der Waals surface area contributed by atoms with E-state index in [1.807, 2.05) is 75.5 Å².